The van der Waals surface area contributed by atoms with Crippen molar-refractivity contribution in [3.8, 4) is 0 Å². The Hall–Kier alpha value is -1.37. The smallest absolute Gasteiger partial charge is 0.169 e. The molecule has 0 spiro atoms. The second kappa shape index (κ2) is 4.45. The first-order valence-electron chi connectivity index (χ1n) is 3.65. The topological polar surface area (TPSA) is 3.88 Å². The lowest BCUT2D eigenvalue weighted by molar-refractivity contribution is -0.687. The fourth-order valence-electron chi connectivity index (χ4n) is 0.835. The summed E-state index contributed by atoms with van der Waals surface area (Å²) in [5, 5.41) is 0. The van der Waals surface area contributed by atoms with Crippen molar-refractivity contribution >= 4 is 0 Å². The summed E-state index contributed by atoms with van der Waals surface area (Å²) >= 11 is 0. The van der Waals surface area contributed by atoms with Crippen molar-refractivity contribution in [3.05, 3.63) is 55.4 Å². The first-order valence-corrected chi connectivity index (χ1v) is 3.65. The molecular formula is C10H12N+. The Morgan fingerprint density at radius 2 is 1.91 bits per heavy atom. The van der Waals surface area contributed by atoms with Gasteiger partial charge in [-0.2, -0.15) is 0 Å². The quantitative estimate of drug-likeness (QED) is 0.451. The van der Waals surface area contributed by atoms with Crippen LogP contribution in [0.3, 0.4) is 0 Å². The fraction of sp³-hybridized carbons (Fsp3) is 0.100. The second-order valence-electron chi connectivity index (χ2n) is 2.24. The summed E-state index contributed by atoms with van der Waals surface area (Å²) < 4.78 is 2.10. The summed E-state index contributed by atoms with van der Waals surface area (Å²) in [5.41, 5.74) is 0. The van der Waals surface area contributed by atoms with Gasteiger partial charge in [0.15, 0.2) is 18.9 Å². The molecule has 0 N–H and O–H groups in total. The number of hydrogen-bond donors (Lipinski definition) is 0. The minimum Gasteiger partial charge on any atom is -0.201 e. The highest BCUT2D eigenvalue weighted by molar-refractivity contribution is 4.95. The van der Waals surface area contributed by atoms with Crippen LogP contribution in [0.25, 0.3) is 0 Å². The van der Waals surface area contributed by atoms with Gasteiger partial charge in [0.05, 0.1) is 0 Å². The first-order chi connectivity index (χ1) is 5.43. The van der Waals surface area contributed by atoms with Crippen LogP contribution in [0.1, 0.15) is 0 Å². The van der Waals surface area contributed by atoms with E-state index in [-0.39, 0.29) is 0 Å². The molecule has 0 bridgehead atoms. The number of hydrogen-bond acceptors (Lipinski definition) is 0. The Morgan fingerprint density at radius 1 is 1.18 bits per heavy atom. The van der Waals surface area contributed by atoms with Crippen LogP contribution in [-0.2, 0) is 6.54 Å². The zero-order valence-electron chi connectivity index (χ0n) is 6.48. The van der Waals surface area contributed by atoms with E-state index in [0.717, 1.165) is 6.54 Å². The van der Waals surface area contributed by atoms with Crippen LogP contribution >= 0.6 is 0 Å². The van der Waals surface area contributed by atoms with Gasteiger partial charge in [-0.3, -0.25) is 0 Å². The molecule has 0 radical (unpaired) electrons. The largest absolute Gasteiger partial charge is 0.201 e. The number of rotatable bonds is 3. The maximum atomic E-state index is 3.60. The normalized spacial score (nSPS) is 10.2. The second-order valence-corrected chi connectivity index (χ2v) is 2.24. The fourth-order valence-corrected chi connectivity index (χ4v) is 0.835. The predicted octanol–water partition coefficient (Wildman–Crippen LogP) is 1.72. The Bertz CT molecular complexity index is 236. The van der Waals surface area contributed by atoms with Crippen LogP contribution < -0.4 is 4.57 Å². The van der Waals surface area contributed by atoms with Crippen molar-refractivity contribution < 1.29 is 4.57 Å². The van der Waals surface area contributed by atoms with E-state index in [0.29, 0.717) is 0 Å². The molecule has 1 heteroatoms. The molecule has 0 aliphatic carbocycles. The number of pyridine rings is 1. The molecule has 1 rings (SSSR count). The van der Waals surface area contributed by atoms with E-state index in [1.54, 1.807) is 6.08 Å². The number of allylic oxidation sites excluding steroid dienone is 3. The summed E-state index contributed by atoms with van der Waals surface area (Å²) in [6, 6.07) is 6.04. The third-order valence-corrected chi connectivity index (χ3v) is 1.37. The molecule has 0 saturated heterocycles. The first kappa shape index (κ1) is 7.73. The van der Waals surface area contributed by atoms with Crippen LogP contribution in [-0.4, -0.2) is 0 Å². The van der Waals surface area contributed by atoms with Gasteiger partial charge < -0.3 is 0 Å². The molecule has 0 aromatic carbocycles. The summed E-state index contributed by atoms with van der Waals surface area (Å²) in [5.74, 6) is 0. The Morgan fingerprint density at radius 3 is 2.55 bits per heavy atom. The van der Waals surface area contributed by atoms with Crippen LogP contribution in [0.15, 0.2) is 55.4 Å². The van der Waals surface area contributed by atoms with E-state index in [9.17, 15) is 0 Å². The average Bonchev–Trinajstić information content (AvgIpc) is 2.07. The predicted molar refractivity (Wildman–Crippen MR) is 46.0 cm³/mol. The lowest BCUT2D eigenvalue weighted by Gasteiger charge is -1.87. The molecule has 0 aliphatic rings. The molecule has 1 aromatic heterocycles. The maximum Gasteiger partial charge on any atom is 0.169 e. The lowest BCUT2D eigenvalue weighted by atomic mass is 10.4. The van der Waals surface area contributed by atoms with E-state index >= 15 is 0 Å². The zero-order chi connectivity index (χ0) is 7.94. The molecule has 0 atom stereocenters. The molecule has 0 unspecified atom stereocenters. The summed E-state index contributed by atoms with van der Waals surface area (Å²) in [7, 11) is 0. The molecule has 1 nitrogen and oxygen atoms in total. The Balaban J connectivity index is 2.51. The molecule has 0 saturated carbocycles. The van der Waals surface area contributed by atoms with E-state index in [1.165, 1.54) is 0 Å². The molecule has 11 heavy (non-hydrogen) atoms. The monoisotopic (exact) mass is 146 g/mol. The summed E-state index contributed by atoms with van der Waals surface area (Å²) in [6.07, 6.45) is 9.86. The highest BCUT2D eigenvalue weighted by Crippen LogP contribution is 1.78. The van der Waals surface area contributed by atoms with Crippen molar-refractivity contribution in [2.45, 2.75) is 6.54 Å². The molecule has 0 aliphatic heterocycles. The van der Waals surface area contributed by atoms with Crippen LogP contribution in [0, 0.1) is 0 Å². The van der Waals surface area contributed by atoms with Gasteiger partial charge in [-0.1, -0.05) is 24.8 Å². The average molecular weight is 146 g/mol. The summed E-state index contributed by atoms with van der Waals surface area (Å²) in [4.78, 5) is 0. The van der Waals surface area contributed by atoms with E-state index < -0.39 is 0 Å². The third-order valence-electron chi connectivity index (χ3n) is 1.37. The van der Waals surface area contributed by atoms with Crippen LogP contribution in [0.4, 0.5) is 0 Å². The summed E-state index contributed by atoms with van der Waals surface area (Å²) in [6.45, 7) is 4.51. The van der Waals surface area contributed by atoms with Gasteiger partial charge in [-0.25, -0.2) is 4.57 Å². The van der Waals surface area contributed by atoms with Gasteiger partial charge in [0.25, 0.3) is 0 Å². The van der Waals surface area contributed by atoms with Crippen molar-refractivity contribution in [2.75, 3.05) is 0 Å². The van der Waals surface area contributed by atoms with Gasteiger partial charge in [0.1, 0.15) is 0 Å². The number of aromatic nitrogens is 1. The van der Waals surface area contributed by atoms with E-state index in [4.69, 9.17) is 0 Å². The minimum absolute atomic E-state index is 0.910. The van der Waals surface area contributed by atoms with Crippen molar-refractivity contribution in [3.63, 3.8) is 0 Å². The van der Waals surface area contributed by atoms with Gasteiger partial charge in [-0.05, 0) is 6.08 Å². The molecule has 0 amide bonds. The van der Waals surface area contributed by atoms with Crippen LogP contribution in [0.5, 0.6) is 0 Å². The van der Waals surface area contributed by atoms with Gasteiger partial charge in [0.2, 0.25) is 0 Å². The van der Waals surface area contributed by atoms with E-state index in [2.05, 4.69) is 17.2 Å². The highest BCUT2D eigenvalue weighted by atomic mass is 14.9. The third kappa shape index (κ3) is 2.80. The minimum atomic E-state index is 0.910. The van der Waals surface area contributed by atoms with Crippen molar-refractivity contribution in [1.29, 1.82) is 0 Å². The molecule has 56 valence electrons. The Kier molecular flexibility index (Phi) is 3.13. The van der Waals surface area contributed by atoms with E-state index in [1.807, 2.05) is 36.7 Å². The molecular weight excluding hydrogens is 134 g/mol. The van der Waals surface area contributed by atoms with Crippen molar-refractivity contribution in [1.82, 2.24) is 0 Å². The SMILES string of the molecule is C=CC=CC[n+]1ccccc1. The maximum absolute atomic E-state index is 3.60. The van der Waals surface area contributed by atoms with Crippen molar-refractivity contribution in [2.24, 2.45) is 0 Å². The number of nitrogens with zero attached hydrogens (tertiary/aromatic N) is 1. The van der Waals surface area contributed by atoms with Gasteiger partial charge in [0, 0.05) is 12.1 Å². The van der Waals surface area contributed by atoms with Gasteiger partial charge >= 0.3 is 0 Å². The molecule has 0 fully saturated rings. The molecule has 1 heterocycles. The highest BCUT2D eigenvalue weighted by Gasteiger charge is 1.89. The zero-order valence-corrected chi connectivity index (χ0v) is 6.48. The standard InChI is InChI=1S/C10H12N/c1-2-3-5-8-11-9-6-4-7-10-11/h2-7,9-10H,1,8H2/q+1. The lowest BCUT2D eigenvalue weighted by Crippen LogP contribution is -2.30. The van der Waals surface area contributed by atoms with Gasteiger partial charge in [-0.15, -0.1) is 0 Å². The molecule has 1 aromatic rings. The Labute approximate surface area is 67.3 Å². The van der Waals surface area contributed by atoms with Crippen LogP contribution in [0.2, 0.25) is 0 Å².